The van der Waals surface area contributed by atoms with E-state index in [0.29, 0.717) is 11.9 Å². The normalized spacial score (nSPS) is 18.2. The first-order valence-corrected chi connectivity index (χ1v) is 8.68. The highest BCUT2D eigenvalue weighted by Gasteiger charge is 2.24. The summed E-state index contributed by atoms with van der Waals surface area (Å²) in [5.74, 6) is 1.82. The van der Waals surface area contributed by atoms with E-state index in [9.17, 15) is 4.79 Å². The summed E-state index contributed by atoms with van der Waals surface area (Å²) in [6.45, 7) is 0. The molecule has 21 heavy (non-hydrogen) atoms. The summed E-state index contributed by atoms with van der Waals surface area (Å²) < 4.78 is 7.26. The molecule has 0 aliphatic carbocycles. The summed E-state index contributed by atoms with van der Waals surface area (Å²) in [4.78, 5) is 19.9. The molecule has 6 nitrogen and oxygen atoms in total. The van der Waals surface area contributed by atoms with E-state index in [1.165, 1.54) is 11.8 Å². The summed E-state index contributed by atoms with van der Waals surface area (Å²) >= 11 is 3.14. The van der Waals surface area contributed by atoms with Crippen LogP contribution in [0.1, 0.15) is 12.5 Å². The van der Waals surface area contributed by atoms with Crippen LogP contribution in [0.2, 0.25) is 0 Å². The molecule has 2 aromatic rings. The van der Waals surface area contributed by atoms with E-state index in [1.807, 2.05) is 17.8 Å². The zero-order valence-corrected chi connectivity index (χ0v) is 13.1. The maximum absolute atomic E-state index is 10.8. The average Bonchev–Trinajstić information content (AvgIpc) is 3.10. The van der Waals surface area contributed by atoms with Crippen molar-refractivity contribution in [3.05, 3.63) is 12.1 Å². The zero-order chi connectivity index (χ0) is 14.8. The van der Waals surface area contributed by atoms with Gasteiger partial charge in [0, 0.05) is 17.9 Å². The van der Waals surface area contributed by atoms with Gasteiger partial charge in [-0.05, 0) is 18.2 Å². The fourth-order valence-electron chi connectivity index (χ4n) is 2.33. The molecule has 1 atom stereocenters. The molecule has 0 spiro atoms. The van der Waals surface area contributed by atoms with Gasteiger partial charge in [0.15, 0.2) is 10.8 Å². The highest BCUT2D eigenvalue weighted by atomic mass is 32.2. The van der Waals surface area contributed by atoms with Gasteiger partial charge in [-0.1, -0.05) is 11.8 Å². The van der Waals surface area contributed by atoms with E-state index >= 15 is 0 Å². The number of rotatable bonds is 5. The van der Waals surface area contributed by atoms with Crippen LogP contribution in [-0.2, 0) is 4.79 Å². The molecule has 1 saturated heterocycles. The number of ether oxygens (including phenoxy) is 1. The number of hydrogen-bond acceptors (Lipinski definition) is 6. The molecule has 0 bridgehead atoms. The van der Waals surface area contributed by atoms with Gasteiger partial charge in [-0.2, -0.15) is 16.7 Å². The molecule has 112 valence electrons. The Morgan fingerprint density at radius 1 is 1.57 bits per heavy atom. The van der Waals surface area contributed by atoms with Crippen LogP contribution < -0.4 is 4.74 Å². The van der Waals surface area contributed by atoms with E-state index in [-0.39, 0.29) is 5.75 Å². The Kier molecular flexibility index (Phi) is 4.25. The Labute approximate surface area is 130 Å². The molecule has 3 heterocycles. The number of carbonyl (C=O) groups is 1. The molecular weight excluding hydrogens is 310 g/mol. The highest BCUT2D eigenvalue weighted by molar-refractivity contribution is 8.00. The van der Waals surface area contributed by atoms with Gasteiger partial charge in [-0.15, -0.1) is 0 Å². The number of methoxy groups -OCH3 is 1. The number of aromatic nitrogens is 3. The molecule has 0 radical (unpaired) electrons. The van der Waals surface area contributed by atoms with Gasteiger partial charge in [-0.3, -0.25) is 9.36 Å². The van der Waals surface area contributed by atoms with Gasteiger partial charge in [0.1, 0.15) is 5.52 Å². The number of imidazole rings is 1. The summed E-state index contributed by atoms with van der Waals surface area (Å²) in [7, 11) is 1.58. The summed E-state index contributed by atoms with van der Waals surface area (Å²) in [6.07, 6.45) is 1.05. The van der Waals surface area contributed by atoms with Gasteiger partial charge in [0.2, 0.25) is 5.88 Å². The minimum Gasteiger partial charge on any atom is -0.481 e. The Balaban J connectivity index is 2.06. The van der Waals surface area contributed by atoms with Crippen LogP contribution in [0.5, 0.6) is 5.88 Å². The molecule has 3 rings (SSSR count). The topological polar surface area (TPSA) is 77.2 Å². The van der Waals surface area contributed by atoms with Crippen molar-refractivity contribution in [1.29, 1.82) is 0 Å². The predicted molar refractivity (Wildman–Crippen MR) is 83.4 cm³/mol. The summed E-state index contributed by atoms with van der Waals surface area (Å²) in [5.41, 5.74) is 1.55. The van der Waals surface area contributed by atoms with Crippen molar-refractivity contribution >= 4 is 40.7 Å². The van der Waals surface area contributed by atoms with E-state index in [0.717, 1.165) is 34.2 Å². The van der Waals surface area contributed by atoms with Crippen LogP contribution >= 0.6 is 23.5 Å². The second-order valence-corrected chi connectivity index (χ2v) is 6.75. The van der Waals surface area contributed by atoms with Crippen LogP contribution in [0.4, 0.5) is 0 Å². The quantitative estimate of drug-likeness (QED) is 0.845. The van der Waals surface area contributed by atoms with Gasteiger partial charge in [0.05, 0.1) is 12.9 Å². The molecule has 8 heteroatoms. The van der Waals surface area contributed by atoms with Crippen LogP contribution in [0.25, 0.3) is 11.2 Å². The van der Waals surface area contributed by atoms with Crippen molar-refractivity contribution in [3.63, 3.8) is 0 Å². The molecule has 1 aliphatic rings. The first-order chi connectivity index (χ1) is 10.2. The van der Waals surface area contributed by atoms with Crippen LogP contribution in [-0.4, -0.2) is 50.0 Å². The summed E-state index contributed by atoms with van der Waals surface area (Å²) in [6, 6.07) is 3.95. The number of fused-ring (bicyclic) bond motifs is 1. The minimum atomic E-state index is -0.843. The molecule has 0 saturated carbocycles. The Morgan fingerprint density at radius 2 is 2.43 bits per heavy atom. The van der Waals surface area contributed by atoms with E-state index in [4.69, 9.17) is 9.84 Å². The maximum Gasteiger partial charge on any atom is 0.313 e. The van der Waals surface area contributed by atoms with Crippen molar-refractivity contribution in [2.75, 3.05) is 24.4 Å². The third kappa shape index (κ3) is 2.96. The molecule has 2 aromatic heterocycles. The van der Waals surface area contributed by atoms with Crippen molar-refractivity contribution in [3.8, 4) is 5.88 Å². The SMILES string of the molecule is COc1ccc2nc(SCC(=O)O)n(C3CCSC3)c2n1. The van der Waals surface area contributed by atoms with E-state index < -0.39 is 5.97 Å². The Hall–Kier alpha value is -1.41. The number of carboxylic acid groups (broad SMARTS) is 1. The number of pyridine rings is 1. The molecular formula is C13H15N3O3S2. The average molecular weight is 325 g/mol. The lowest BCUT2D eigenvalue weighted by Gasteiger charge is -2.14. The highest BCUT2D eigenvalue weighted by Crippen LogP contribution is 2.35. The van der Waals surface area contributed by atoms with Crippen molar-refractivity contribution < 1.29 is 14.6 Å². The van der Waals surface area contributed by atoms with E-state index in [2.05, 4.69) is 14.5 Å². The fourth-order valence-corrected chi connectivity index (χ4v) is 4.32. The monoisotopic (exact) mass is 325 g/mol. The van der Waals surface area contributed by atoms with Gasteiger partial charge in [-0.25, -0.2) is 4.98 Å². The number of hydrogen-bond donors (Lipinski definition) is 1. The Morgan fingerprint density at radius 3 is 3.10 bits per heavy atom. The smallest absolute Gasteiger partial charge is 0.313 e. The number of aliphatic carboxylic acids is 1. The number of nitrogens with zero attached hydrogens (tertiary/aromatic N) is 3. The van der Waals surface area contributed by atoms with Crippen molar-refractivity contribution in [1.82, 2.24) is 14.5 Å². The molecule has 1 N–H and O–H groups in total. The Bertz CT molecular complexity index is 668. The maximum atomic E-state index is 10.8. The number of thioether (sulfide) groups is 2. The molecule has 1 fully saturated rings. The largest absolute Gasteiger partial charge is 0.481 e. The first-order valence-electron chi connectivity index (χ1n) is 6.54. The van der Waals surface area contributed by atoms with Crippen molar-refractivity contribution in [2.45, 2.75) is 17.6 Å². The lowest BCUT2D eigenvalue weighted by Crippen LogP contribution is -2.11. The second-order valence-electron chi connectivity index (χ2n) is 4.66. The van der Waals surface area contributed by atoms with E-state index in [1.54, 1.807) is 13.2 Å². The lowest BCUT2D eigenvalue weighted by molar-refractivity contribution is -0.133. The molecule has 1 aliphatic heterocycles. The molecule has 0 amide bonds. The minimum absolute atomic E-state index is 0.000317. The van der Waals surface area contributed by atoms with Crippen LogP contribution in [0.15, 0.2) is 17.3 Å². The third-order valence-electron chi connectivity index (χ3n) is 3.28. The van der Waals surface area contributed by atoms with Gasteiger partial charge < -0.3 is 9.84 Å². The standard InChI is InChI=1S/C13H15N3O3S2/c1-19-10-3-2-9-12(15-10)16(8-4-5-20-6-8)13(14-9)21-7-11(17)18/h2-3,8H,4-7H2,1H3,(H,17,18). The molecule has 1 unspecified atom stereocenters. The summed E-state index contributed by atoms with van der Waals surface area (Å²) in [5, 5.41) is 9.61. The number of carboxylic acids is 1. The van der Waals surface area contributed by atoms with Crippen LogP contribution in [0.3, 0.4) is 0 Å². The molecule has 0 aromatic carbocycles. The predicted octanol–water partition coefficient (Wildman–Crippen LogP) is 2.29. The fraction of sp³-hybridized carbons (Fsp3) is 0.462. The lowest BCUT2D eigenvalue weighted by atomic mass is 10.2. The van der Waals surface area contributed by atoms with Gasteiger partial charge in [0.25, 0.3) is 0 Å². The van der Waals surface area contributed by atoms with Crippen LogP contribution in [0, 0.1) is 0 Å². The van der Waals surface area contributed by atoms with Gasteiger partial charge >= 0.3 is 5.97 Å². The van der Waals surface area contributed by atoms with Crippen molar-refractivity contribution in [2.24, 2.45) is 0 Å². The first kappa shape index (κ1) is 14.5. The zero-order valence-electron chi connectivity index (χ0n) is 11.5. The third-order valence-corrected chi connectivity index (χ3v) is 5.37. The second kappa shape index (κ2) is 6.15.